The number of amides is 2. The Labute approximate surface area is 100.0 Å². The predicted molar refractivity (Wildman–Crippen MR) is 67.5 cm³/mol. The van der Waals surface area contributed by atoms with E-state index >= 15 is 0 Å². The van der Waals surface area contributed by atoms with E-state index in [1.807, 2.05) is 42.1 Å². The number of carbonyl (C=O) groups excluding carboxylic acids is 1. The Balaban J connectivity index is 1.71. The molecule has 16 heavy (non-hydrogen) atoms. The maximum absolute atomic E-state index is 11.5. The van der Waals surface area contributed by atoms with Gasteiger partial charge < -0.3 is 10.6 Å². The van der Waals surface area contributed by atoms with Crippen LogP contribution in [0.1, 0.15) is 12.0 Å². The molecule has 1 fully saturated rings. The molecule has 0 spiro atoms. The quantitative estimate of drug-likeness (QED) is 0.842. The highest BCUT2D eigenvalue weighted by molar-refractivity contribution is 7.99. The topological polar surface area (TPSA) is 41.1 Å². The third-order valence-corrected chi connectivity index (χ3v) is 3.72. The van der Waals surface area contributed by atoms with Gasteiger partial charge in [0.2, 0.25) is 0 Å². The van der Waals surface area contributed by atoms with Crippen LogP contribution in [-0.2, 0) is 6.54 Å². The predicted octanol–water partition coefficient (Wildman–Crippen LogP) is 1.99. The third-order valence-electron chi connectivity index (χ3n) is 2.56. The van der Waals surface area contributed by atoms with Gasteiger partial charge in [-0.1, -0.05) is 30.3 Å². The minimum absolute atomic E-state index is 0.0589. The lowest BCUT2D eigenvalue weighted by molar-refractivity contribution is 0.237. The summed E-state index contributed by atoms with van der Waals surface area (Å²) >= 11 is 1.90. The summed E-state index contributed by atoms with van der Waals surface area (Å²) in [6.07, 6.45) is 1.09. The number of benzene rings is 1. The zero-order valence-electron chi connectivity index (χ0n) is 9.11. The van der Waals surface area contributed by atoms with Crippen LogP contribution in [0.2, 0.25) is 0 Å². The Morgan fingerprint density at radius 3 is 2.88 bits per heavy atom. The molecule has 0 saturated carbocycles. The second kappa shape index (κ2) is 5.80. The molecule has 4 heteroatoms. The van der Waals surface area contributed by atoms with Crippen LogP contribution in [0, 0.1) is 0 Å². The van der Waals surface area contributed by atoms with Crippen molar-refractivity contribution in [2.24, 2.45) is 0 Å². The van der Waals surface area contributed by atoms with Crippen LogP contribution in [-0.4, -0.2) is 23.6 Å². The number of hydrogen-bond donors (Lipinski definition) is 2. The van der Waals surface area contributed by atoms with Crippen LogP contribution in [0.4, 0.5) is 4.79 Å². The van der Waals surface area contributed by atoms with E-state index in [0.29, 0.717) is 12.6 Å². The van der Waals surface area contributed by atoms with Crippen molar-refractivity contribution in [3.05, 3.63) is 35.9 Å². The monoisotopic (exact) mass is 236 g/mol. The van der Waals surface area contributed by atoms with Crippen molar-refractivity contribution in [2.75, 3.05) is 11.5 Å². The summed E-state index contributed by atoms with van der Waals surface area (Å²) in [4.78, 5) is 11.5. The maximum Gasteiger partial charge on any atom is 0.315 e. The van der Waals surface area contributed by atoms with Crippen LogP contribution >= 0.6 is 11.8 Å². The molecule has 1 saturated heterocycles. The number of hydrogen-bond acceptors (Lipinski definition) is 2. The van der Waals surface area contributed by atoms with Gasteiger partial charge in [-0.3, -0.25) is 0 Å². The molecule has 1 heterocycles. The van der Waals surface area contributed by atoms with E-state index in [-0.39, 0.29) is 6.03 Å². The molecule has 2 amide bonds. The molecule has 3 nitrogen and oxygen atoms in total. The van der Waals surface area contributed by atoms with Crippen molar-refractivity contribution >= 4 is 17.8 Å². The second-order valence-electron chi connectivity index (χ2n) is 3.87. The Morgan fingerprint density at radius 1 is 1.38 bits per heavy atom. The SMILES string of the molecule is O=C(NCc1ccccc1)NC1CCSC1. The molecule has 1 aliphatic rings. The fourth-order valence-electron chi connectivity index (χ4n) is 1.66. The molecular formula is C12H16N2OS. The van der Waals surface area contributed by atoms with Gasteiger partial charge in [-0.05, 0) is 17.7 Å². The van der Waals surface area contributed by atoms with Gasteiger partial charge in [0, 0.05) is 18.3 Å². The first-order chi connectivity index (χ1) is 7.84. The highest BCUT2D eigenvalue weighted by Gasteiger charge is 2.16. The highest BCUT2D eigenvalue weighted by atomic mass is 32.2. The Bertz CT molecular complexity index is 336. The van der Waals surface area contributed by atoms with Gasteiger partial charge in [0.1, 0.15) is 0 Å². The molecule has 0 aliphatic carbocycles. The van der Waals surface area contributed by atoms with Crippen molar-refractivity contribution in [2.45, 2.75) is 19.0 Å². The van der Waals surface area contributed by atoms with Gasteiger partial charge in [0.15, 0.2) is 0 Å². The molecule has 0 radical (unpaired) electrons. The molecule has 1 aromatic rings. The van der Waals surface area contributed by atoms with Crippen molar-refractivity contribution < 1.29 is 4.79 Å². The maximum atomic E-state index is 11.5. The van der Waals surface area contributed by atoms with Gasteiger partial charge in [0.05, 0.1) is 0 Å². The van der Waals surface area contributed by atoms with E-state index in [0.717, 1.165) is 23.5 Å². The number of rotatable bonds is 3. The molecule has 2 N–H and O–H groups in total. The standard InChI is InChI=1S/C12H16N2OS/c15-12(14-11-6-7-16-9-11)13-8-10-4-2-1-3-5-10/h1-5,11H,6-9H2,(H2,13,14,15). The van der Waals surface area contributed by atoms with Crippen LogP contribution in [0.15, 0.2) is 30.3 Å². The summed E-state index contributed by atoms with van der Waals surface area (Å²) in [7, 11) is 0. The normalized spacial score (nSPS) is 19.4. The first-order valence-electron chi connectivity index (χ1n) is 5.50. The summed E-state index contributed by atoms with van der Waals surface area (Å²) in [5.74, 6) is 2.20. The molecular weight excluding hydrogens is 220 g/mol. The van der Waals surface area contributed by atoms with Gasteiger partial charge in [0.25, 0.3) is 0 Å². The van der Waals surface area contributed by atoms with E-state index in [2.05, 4.69) is 10.6 Å². The zero-order chi connectivity index (χ0) is 11.2. The first-order valence-corrected chi connectivity index (χ1v) is 6.66. The summed E-state index contributed by atoms with van der Waals surface area (Å²) in [5, 5.41) is 5.84. The lowest BCUT2D eigenvalue weighted by Gasteiger charge is -2.12. The van der Waals surface area contributed by atoms with Crippen LogP contribution in [0.5, 0.6) is 0 Å². The second-order valence-corrected chi connectivity index (χ2v) is 5.02. The number of carbonyl (C=O) groups is 1. The smallest absolute Gasteiger partial charge is 0.315 e. The third kappa shape index (κ3) is 3.45. The Hall–Kier alpha value is -1.16. The summed E-state index contributed by atoms with van der Waals surface area (Å²) < 4.78 is 0. The summed E-state index contributed by atoms with van der Waals surface area (Å²) in [6.45, 7) is 0.590. The fraction of sp³-hybridized carbons (Fsp3) is 0.417. The van der Waals surface area contributed by atoms with Gasteiger partial charge in [-0.15, -0.1) is 0 Å². The van der Waals surface area contributed by atoms with Crippen LogP contribution in [0.25, 0.3) is 0 Å². The molecule has 0 aromatic heterocycles. The average molecular weight is 236 g/mol. The minimum atomic E-state index is -0.0589. The number of urea groups is 1. The molecule has 1 aliphatic heterocycles. The number of thioether (sulfide) groups is 1. The van der Waals surface area contributed by atoms with E-state index in [1.54, 1.807) is 0 Å². The lowest BCUT2D eigenvalue weighted by atomic mass is 10.2. The first kappa shape index (κ1) is 11.3. The van der Waals surface area contributed by atoms with E-state index in [4.69, 9.17) is 0 Å². The van der Waals surface area contributed by atoms with Crippen molar-refractivity contribution in [1.82, 2.24) is 10.6 Å². The molecule has 2 rings (SSSR count). The van der Waals surface area contributed by atoms with Gasteiger partial charge in [-0.2, -0.15) is 11.8 Å². The van der Waals surface area contributed by atoms with Crippen LogP contribution < -0.4 is 10.6 Å². The molecule has 0 bridgehead atoms. The summed E-state index contributed by atoms with van der Waals surface area (Å²) in [6, 6.07) is 10.2. The lowest BCUT2D eigenvalue weighted by Crippen LogP contribution is -2.41. The van der Waals surface area contributed by atoms with Crippen LogP contribution in [0.3, 0.4) is 0 Å². The average Bonchev–Trinajstić information content (AvgIpc) is 2.81. The van der Waals surface area contributed by atoms with Crippen molar-refractivity contribution in [3.8, 4) is 0 Å². The fourth-order valence-corrected chi connectivity index (χ4v) is 2.82. The molecule has 1 atom stereocenters. The molecule has 1 aromatic carbocycles. The molecule has 1 unspecified atom stereocenters. The van der Waals surface area contributed by atoms with Crippen molar-refractivity contribution in [3.63, 3.8) is 0 Å². The van der Waals surface area contributed by atoms with E-state index in [9.17, 15) is 4.79 Å². The Morgan fingerprint density at radius 2 is 2.19 bits per heavy atom. The van der Waals surface area contributed by atoms with Crippen molar-refractivity contribution in [1.29, 1.82) is 0 Å². The highest BCUT2D eigenvalue weighted by Crippen LogP contribution is 2.16. The molecule has 86 valence electrons. The van der Waals surface area contributed by atoms with E-state index < -0.39 is 0 Å². The number of nitrogens with one attached hydrogen (secondary N) is 2. The Kier molecular flexibility index (Phi) is 4.10. The summed E-state index contributed by atoms with van der Waals surface area (Å²) in [5.41, 5.74) is 1.12. The van der Waals surface area contributed by atoms with Gasteiger partial charge >= 0.3 is 6.03 Å². The minimum Gasteiger partial charge on any atom is -0.335 e. The zero-order valence-corrected chi connectivity index (χ0v) is 9.93. The van der Waals surface area contributed by atoms with Gasteiger partial charge in [-0.25, -0.2) is 4.79 Å². The van der Waals surface area contributed by atoms with E-state index in [1.165, 1.54) is 0 Å². The largest absolute Gasteiger partial charge is 0.335 e.